The zero-order valence-electron chi connectivity index (χ0n) is 58.4. The van der Waals surface area contributed by atoms with Gasteiger partial charge in [-0.05, 0) is 70.6 Å². The van der Waals surface area contributed by atoms with Crippen LogP contribution < -0.4 is 5.73 Å². The van der Waals surface area contributed by atoms with Gasteiger partial charge in [0.2, 0.25) is 0 Å². The van der Waals surface area contributed by atoms with Gasteiger partial charge < -0.3 is 20.1 Å². The largest absolute Gasteiger partial charge is 0.472 e. The third kappa shape index (κ3) is 74.1. The lowest BCUT2D eigenvalue weighted by molar-refractivity contribution is -0.161. The minimum Gasteiger partial charge on any atom is -0.462 e. The van der Waals surface area contributed by atoms with Gasteiger partial charge in [-0.25, -0.2) is 4.57 Å². The fourth-order valence-corrected chi connectivity index (χ4v) is 12.0. The van der Waals surface area contributed by atoms with Crippen molar-refractivity contribution in [1.29, 1.82) is 0 Å². The molecule has 3 N–H and O–H groups in total. The van der Waals surface area contributed by atoms with Gasteiger partial charge in [0.15, 0.2) is 6.10 Å². The SMILES string of the molecule is CC/C=C\C/C=C\C/C=C\C/C=C\C/C=C\C/C=C\C/C=C\CCCCCCCC(=O)OC(COC(=O)CCCCCCCCCCCCCCCCCCCCCCCCCCCCCCCCCCCCCCCCCCC)COP(=O)(O)OCCN. The van der Waals surface area contributed by atoms with Gasteiger partial charge in [-0.2, -0.15) is 0 Å². The lowest BCUT2D eigenvalue weighted by atomic mass is 10.0. The van der Waals surface area contributed by atoms with E-state index in [9.17, 15) is 19.0 Å². The molecule has 0 heterocycles. The number of allylic oxidation sites excluding steroid dienone is 14. The molecule has 2 unspecified atom stereocenters. The van der Waals surface area contributed by atoms with E-state index in [1.54, 1.807) is 0 Å². The van der Waals surface area contributed by atoms with E-state index in [2.05, 4.69) is 98.9 Å². The van der Waals surface area contributed by atoms with E-state index in [4.69, 9.17) is 24.3 Å². The van der Waals surface area contributed by atoms with Gasteiger partial charge in [0, 0.05) is 19.4 Å². The third-order valence-electron chi connectivity index (χ3n) is 16.8. The molecule has 518 valence electrons. The van der Waals surface area contributed by atoms with Crippen LogP contribution in [0.25, 0.3) is 0 Å². The van der Waals surface area contributed by atoms with Crippen LogP contribution in [0.4, 0.5) is 0 Å². The molecule has 0 aromatic carbocycles. The number of phosphoric ester groups is 1. The fraction of sp³-hybridized carbons (Fsp3) is 0.797. The molecule has 2 atom stereocenters. The maximum atomic E-state index is 12.8. The Balaban J connectivity index is 3.79. The summed E-state index contributed by atoms with van der Waals surface area (Å²) in [6.45, 7) is 3.65. The minimum atomic E-state index is -4.40. The van der Waals surface area contributed by atoms with Gasteiger partial charge in [0.1, 0.15) is 6.61 Å². The number of hydrogen-bond acceptors (Lipinski definition) is 8. The van der Waals surface area contributed by atoms with Crippen molar-refractivity contribution >= 4 is 19.8 Å². The van der Waals surface area contributed by atoms with E-state index in [0.29, 0.717) is 6.42 Å². The Morgan fingerprint density at radius 2 is 0.618 bits per heavy atom. The Labute approximate surface area is 551 Å². The molecule has 0 spiro atoms. The van der Waals surface area contributed by atoms with Crippen LogP contribution in [0, 0.1) is 0 Å². The van der Waals surface area contributed by atoms with Crippen molar-refractivity contribution in [3.05, 3.63) is 85.1 Å². The Kier molecular flexibility index (Phi) is 71.9. The van der Waals surface area contributed by atoms with Crippen LogP contribution >= 0.6 is 7.82 Å². The fourth-order valence-electron chi connectivity index (χ4n) is 11.2. The first kappa shape index (κ1) is 86.2. The molecule has 0 fully saturated rings. The normalized spacial score (nSPS) is 13.3. The summed E-state index contributed by atoms with van der Waals surface area (Å²) in [6, 6.07) is 0. The molecule has 0 radical (unpaired) electrons. The number of nitrogens with two attached hydrogens (primary N) is 1. The van der Waals surface area contributed by atoms with Crippen LogP contribution in [-0.2, 0) is 32.7 Å². The molecular weight excluding hydrogens is 1120 g/mol. The van der Waals surface area contributed by atoms with Gasteiger partial charge in [0.25, 0.3) is 0 Å². The summed E-state index contributed by atoms with van der Waals surface area (Å²) in [4.78, 5) is 35.4. The number of rotatable bonds is 72. The standard InChI is InChI=1S/C79H144NO8P/c1-3-5-7-9-11-13-15-17-19-21-23-25-27-29-31-32-33-34-35-36-37-38-39-40-41-42-43-44-46-47-49-51-53-55-57-59-61-63-65-67-69-71-78(81)85-75-77(76-87-89(83,84)86-74-73-80)88-79(82)72-70-68-66-64-62-60-58-56-54-52-50-48-45-30-28-26-24-22-20-18-16-14-12-10-8-6-4-2/h6,8,12,14,18,20,24,26,30,45,50,52,56,58,77H,3-5,7,9-11,13,15-17,19,21-23,25,27-29,31-44,46-49,51,53-55,57,59-76,80H2,1-2H3,(H,83,84)/b8-6-,14-12-,20-18-,26-24-,45-30-,52-50-,58-56-. The van der Waals surface area contributed by atoms with Gasteiger partial charge in [-0.3, -0.25) is 18.6 Å². The number of carbonyl (C=O) groups is 2. The highest BCUT2D eigenvalue weighted by Gasteiger charge is 2.26. The van der Waals surface area contributed by atoms with Crippen LogP contribution in [0.3, 0.4) is 0 Å². The minimum absolute atomic E-state index is 0.0472. The average Bonchev–Trinajstić information content (AvgIpc) is 3.64. The first-order valence-corrected chi connectivity index (χ1v) is 39.6. The third-order valence-corrected chi connectivity index (χ3v) is 17.8. The average molecular weight is 1270 g/mol. The van der Waals surface area contributed by atoms with Crippen molar-refractivity contribution in [2.24, 2.45) is 5.73 Å². The monoisotopic (exact) mass is 1270 g/mol. The molecule has 89 heavy (non-hydrogen) atoms. The lowest BCUT2D eigenvalue weighted by Crippen LogP contribution is -2.29. The molecule has 0 saturated heterocycles. The Bertz CT molecular complexity index is 1740. The number of phosphoric acid groups is 1. The van der Waals surface area contributed by atoms with Crippen LogP contribution in [0.2, 0.25) is 0 Å². The van der Waals surface area contributed by atoms with Gasteiger partial charge in [-0.15, -0.1) is 0 Å². The van der Waals surface area contributed by atoms with E-state index in [0.717, 1.165) is 96.3 Å². The molecule has 9 nitrogen and oxygen atoms in total. The second-order valence-electron chi connectivity index (χ2n) is 25.5. The maximum Gasteiger partial charge on any atom is 0.472 e. The summed E-state index contributed by atoms with van der Waals surface area (Å²) in [7, 11) is -4.40. The Hall–Kier alpha value is -2.81. The molecule has 0 aromatic rings. The van der Waals surface area contributed by atoms with Gasteiger partial charge in [-0.1, -0.05) is 375 Å². The molecular formula is C79H144NO8P. The van der Waals surface area contributed by atoms with E-state index < -0.39 is 26.5 Å². The van der Waals surface area contributed by atoms with Crippen LogP contribution in [0.1, 0.15) is 373 Å². The smallest absolute Gasteiger partial charge is 0.462 e. The van der Waals surface area contributed by atoms with E-state index >= 15 is 0 Å². The summed E-state index contributed by atoms with van der Waals surface area (Å²) in [6.07, 6.45) is 100. The number of hydrogen-bond donors (Lipinski definition) is 2. The number of carbonyl (C=O) groups excluding carboxylic acids is 2. The van der Waals surface area contributed by atoms with Crippen molar-refractivity contribution in [2.45, 2.75) is 380 Å². The van der Waals surface area contributed by atoms with Crippen LogP contribution in [-0.4, -0.2) is 49.3 Å². The second kappa shape index (κ2) is 74.2. The van der Waals surface area contributed by atoms with Crippen molar-refractivity contribution in [3.8, 4) is 0 Å². The second-order valence-corrected chi connectivity index (χ2v) is 27.0. The maximum absolute atomic E-state index is 12.8. The van der Waals surface area contributed by atoms with Crippen LogP contribution in [0.15, 0.2) is 85.1 Å². The highest BCUT2D eigenvalue weighted by atomic mass is 31.2. The molecule has 0 aliphatic rings. The molecule has 0 rings (SSSR count). The number of esters is 2. The quantitative estimate of drug-likeness (QED) is 0.0264. The summed E-state index contributed by atoms with van der Waals surface area (Å²) in [5.74, 6) is -0.840. The first-order chi connectivity index (χ1) is 43.8. The first-order valence-electron chi connectivity index (χ1n) is 38.1. The van der Waals surface area contributed by atoms with E-state index in [1.165, 1.54) is 244 Å². The molecule has 0 saturated carbocycles. The van der Waals surface area contributed by atoms with Gasteiger partial charge >= 0.3 is 19.8 Å². The highest BCUT2D eigenvalue weighted by Crippen LogP contribution is 2.43. The number of ether oxygens (including phenoxy) is 2. The van der Waals surface area contributed by atoms with Crippen molar-refractivity contribution < 1.29 is 37.6 Å². The number of unbranched alkanes of at least 4 members (excludes halogenated alkanes) is 45. The highest BCUT2D eigenvalue weighted by molar-refractivity contribution is 7.47. The predicted octanol–water partition coefficient (Wildman–Crippen LogP) is 25.3. The molecule has 0 amide bonds. The topological polar surface area (TPSA) is 134 Å². The molecule has 10 heteroatoms. The summed E-state index contributed by atoms with van der Waals surface area (Å²) < 4.78 is 33.2. The van der Waals surface area contributed by atoms with E-state index in [-0.39, 0.29) is 38.6 Å². The van der Waals surface area contributed by atoms with Crippen molar-refractivity contribution in [3.63, 3.8) is 0 Å². The van der Waals surface area contributed by atoms with Gasteiger partial charge in [0.05, 0.1) is 13.2 Å². The predicted molar refractivity (Wildman–Crippen MR) is 386 cm³/mol. The molecule has 0 aromatic heterocycles. The zero-order chi connectivity index (χ0) is 64.4. The zero-order valence-corrected chi connectivity index (χ0v) is 59.3. The summed E-state index contributed by atoms with van der Waals surface area (Å²) in [5.41, 5.74) is 5.40. The Morgan fingerprint density at radius 3 is 0.921 bits per heavy atom. The van der Waals surface area contributed by atoms with Crippen molar-refractivity contribution in [1.82, 2.24) is 0 Å². The summed E-state index contributed by atoms with van der Waals surface area (Å²) >= 11 is 0. The molecule has 0 aliphatic heterocycles. The lowest BCUT2D eigenvalue weighted by Gasteiger charge is -2.19. The van der Waals surface area contributed by atoms with E-state index in [1.807, 2.05) is 0 Å². The molecule has 0 aliphatic carbocycles. The van der Waals surface area contributed by atoms with Crippen molar-refractivity contribution in [2.75, 3.05) is 26.4 Å². The molecule has 0 bridgehead atoms. The van der Waals surface area contributed by atoms with Crippen LogP contribution in [0.5, 0.6) is 0 Å². The summed E-state index contributed by atoms with van der Waals surface area (Å²) in [5, 5.41) is 0. The Morgan fingerprint density at radius 1 is 0.348 bits per heavy atom.